The molecule has 2 atom stereocenters. The lowest BCUT2D eigenvalue weighted by Crippen LogP contribution is -2.31. The molecule has 0 aromatic rings. The summed E-state index contributed by atoms with van der Waals surface area (Å²) in [7, 11) is 1.59. The van der Waals surface area contributed by atoms with Crippen molar-refractivity contribution in [3.05, 3.63) is 0 Å². The van der Waals surface area contributed by atoms with Crippen molar-refractivity contribution in [2.24, 2.45) is 5.73 Å². The molecule has 0 spiro atoms. The van der Waals surface area contributed by atoms with Crippen molar-refractivity contribution in [1.82, 2.24) is 5.32 Å². The van der Waals surface area contributed by atoms with Gasteiger partial charge in [0, 0.05) is 13.1 Å². The Morgan fingerprint density at radius 3 is 2.73 bits per heavy atom. The first-order valence-corrected chi connectivity index (χ1v) is 3.33. The van der Waals surface area contributed by atoms with Crippen molar-refractivity contribution in [2.45, 2.75) is 18.6 Å². The molecule has 66 valence electrons. The highest BCUT2D eigenvalue weighted by molar-refractivity contribution is 5.85. The Balaban J connectivity index is 0.000001000. The maximum absolute atomic E-state index is 10.9. The number of rotatable bonds is 1. The Morgan fingerprint density at radius 2 is 2.36 bits per heavy atom. The molecule has 4 nitrogen and oxygen atoms in total. The van der Waals surface area contributed by atoms with Crippen LogP contribution in [0.2, 0.25) is 0 Å². The van der Waals surface area contributed by atoms with E-state index in [1.54, 1.807) is 7.05 Å². The Kier molecular flexibility index (Phi) is 4.40. The van der Waals surface area contributed by atoms with Crippen LogP contribution in [0.15, 0.2) is 0 Å². The summed E-state index contributed by atoms with van der Waals surface area (Å²) in [6.07, 6.45) is 0.319. The Morgan fingerprint density at radius 1 is 1.73 bits per heavy atom. The highest BCUT2D eigenvalue weighted by Gasteiger charge is 2.27. The average Bonchev–Trinajstić information content (AvgIpc) is 2.34. The zero-order valence-corrected chi connectivity index (χ0v) is 7.19. The average molecular weight is 181 g/mol. The second kappa shape index (κ2) is 4.54. The Bertz CT molecular complexity index is 143. The highest BCUT2D eigenvalue weighted by Crippen LogP contribution is 2.10. The number of nitrogens with two attached hydrogens (primary N) is 1. The van der Waals surface area contributed by atoms with Crippen LogP contribution in [0.1, 0.15) is 6.42 Å². The molecule has 0 aromatic heterocycles. The van der Waals surface area contributed by atoms with Crippen molar-refractivity contribution in [3.63, 3.8) is 0 Å². The van der Waals surface area contributed by atoms with Crippen LogP contribution in [0.4, 0.5) is 0 Å². The minimum atomic E-state index is -0.319. The van der Waals surface area contributed by atoms with E-state index in [9.17, 15) is 4.79 Å². The van der Waals surface area contributed by atoms with Crippen LogP contribution in [0.25, 0.3) is 0 Å². The van der Waals surface area contributed by atoms with Crippen molar-refractivity contribution in [1.29, 1.82) is 0 Å². The summed E-state index contributed by atoms with van der Waals surface area (Å²) < 4.78 is 5.08. The number of hydrogen-bond acceptors (Lipinski definition) is 3. The largest absolute Gasteiger partial charge is 0.367 e. The number of carbonyl (C=O) groups is 1. The predicted molar refractivity (Wildman–Crippen MR) is 43.6 cm³/mol. The van der Waals surface area contributed by atoms with Gasteiger partial charge in [-0.3, -0.25) is 4.79 Å². The molecule has 0 saturated carbocycles. The molecule has 11 heavy (non-hydrogen) atoms. The van der Waals surface area contributed by atoms with Crippen molar-refractivity contribution in [3.8, 4) is 0 Å². The molecular formula is C6H13ClN2O2. The number of nitrogens with one attached hydrogen (secondary N) is 1. The van der Waals surface area contributed by atoms with Crippen molar-refractivity contribution in [2.75, 3.05) is 13.7 Å². The fraction of sp³-hybridized carbons (Fsp3) is 0.833. The minimum Gasteiger partial charge on any atom is -0.367 e. The second-order valence-corrected chi connectivity index (χ2v) is 2.43. The molecule has 3 N–H and O–H groups in total. The first-order chi connectivity index (χ1) is 4.74. The SMILES string of the molecule is CNC(=O)C1CC(N)CO1.Cl. The van der Waals surface area contributed by atoms with Gasteiger partial charge in [-0.1, -0.05) is 0 Å². The van der Waals surface area contributed by atoms with E-state index < -0.39 is 0 Å². The molecule has 0 radical (unpaired) electrons. The quantitative estimate of drug-likeness (QED) is 0.559. The van der Waals surface area contributed by atoms with E-state index in [4.69, 9.17) is 10.5 Å². The van der Waals surface area contributed by atoms with Crippen molar-refractivity contribution < 1.29 is 9.53 Å². The molecular weight excluding hydrogens is 168 g/mol. The fourth-order valence-electron chi connectivity index (χ4n) is 0.995. The summed E-state index contributed by atoms with van der Waals surface area (Å²) in [5.74, 6) is -0.0760. The summed E-state index contributed by atoms with van der Waals surface area (Å²) in [6, 6.07) is 0.0299. The summed E-state index contributed by atoms with van der Waals surface area (Å²) in [4.78, 5) is 10.9. The third-order valence-corrected chi connectivity index (χ3v) is 1.57. The third-order valence-electron chi connectivity index (χ3n) is 1.57. The second-order valence-electron chi connectivity index (χ2n) is 2.43. The zero-order valence-electron chi connectivity index (χ0n) is 6.37. The molecule has 1 saturated heterocycles. The van der Waals surface area contributed by atoms with Gasteiger partial charge in [-0.15, -0.1) is 12.4 Å². The van der Waals surface area contributed by atoms with Gasteiger partial charge >= 0.3 is 0 Å². The normalized spacial score (nSPS) is 29.3. The number of hydrogen-bond donors (Lipinski definition) is 2. The maximum Gasteiger partial charge on any atom is 0.248 e. The van der Waals surface area contributed by atoms with Gasteiger partial charge in [-0.05, 0) is 6.42 Å². The maximum atomic E-state index is 10.9. The lowest BCUT2D eigenvalue weighted by molar-refractivity contribution is -0.129. The molecule has 1 rings (SSSR count). The molecule has 1 heterocycles. The van der Waals surface area contributed by atoms with Gasteiger partial charge in [0.1, 0.15) is 6.10 Å². The zero-order chi connectivity index (χ0) is 7.56. The lowest BCUT2D eigenvalue weighted by Gasteiger charge is -2.05. The van der Waals surface area contributed by atoms with E-state index in [1.807, 2.05) is 0 Å². The molecule has 0 aliphatic carbocycles. The smallest absolute Gasteiger partial charge is 0.248 e. The van der Waals surface area contributed by atoms with Crippen LogP contribution in [0.5, 0.6) is 0 Å². The Labute approximate surface area is 71.9 Å². The number of carbonyl (C=O) groups excluding carboxylic acids is 1. The molecule has 0 aromatic carbocycles. The summed E-state index contributed by atoms with van der Waals surface area (Å²) in [6.45, 7) is 0.498. The predicted octanol–water partition coefficient (Wildman–Crippen LogP) is -0.730. The molecule has 1 aliphatic heterocycles. The number of ether oxygens (including phenoxy) is 1. The van der Waals surface area contributed by atoms with E-state index in [0.29, 0.717) is 13.0 Å². The summed E-state index contributed by atoms with van der Waals surface area (Å²) in [5.41, 5.74) is 5.51. The monoisotopic (exact) mass is 180 g/mol. The molecule has 5 heteroatoms. The van der Waals surface area contributed by atoms with Gasteiger partial charge in [-0.2, -0.15) is 0 Å². The Hall–Kier alpha value is -0.320. The van der Waals surface area contributed by atoms with Gasteiger partial charge in [0.25, 0.3) is 0 Å². The fourth-order valence-corrected chi connectivity index (χ4v) is 0.995. The molecule has 0 bridgehead atoms. The van der Waals surface area contributed by atoms with E-state index in [0.717, 1.165) is 0 Å². The van der Waals surface area contributed by atoms with E-state index in [2.05, 4.69) is 5.32 Å². The number of amides is 1. The first-order valence-electron chi connectivity index (χ1n) is 3.33. The van der Waals surface area contributed by atoms with Gasteiger partial charge in [0.05, 0.1) is 6.61 Å². The van der Waals surface area contributed by atoms with Crippen LogP contribution in [-0.4, -0.2) is 31.7 Å². The molecule has 1 aliphatic rings. The van der Waals surface area contributed by atoms with Gasteiger partial charge in [0.2, 0.25) is 5.91 Å². The molecule has 2 unspecified atom stereocenters. The van der Waals surface area contributed by atoms with Gasteiger partial charge in [-0.25, -0.2) is 0 Å². The van der Waals surface area contributed by atoms with Crippen LogP contribution in [0.3, 0.4) is 0 Å². The number of likely N-dealkylation sites (N-methyl/N-ethyl adjacent to an activating group) is 1. The van der Waals surface area contributed by atoms with E-state index in [1.165, 1.54) is 0 Å². The van der Waals surface area contributed by atoms with Crippen molar-refractivity contribution >= 4 is 18.3 Å². The van der Waals surface area contributed by atoms with Crippen LogP contribution in [0, 0.1) is 0 Å². The van der Waals surface area contributed by atoms with E-state index in [-0.39, 0.29) is 30.5 Å². The third kappa shape index (κ3) is 2.65. The summed E-state index contributed by atoms with van der Waals surface area (Å²) in [5, 5.41) is 2.51. The van der Waals surface area contributed by atoms with Gasteiger partial charge in [0.15, 0.2) is 0 Å². The molecule has 1 fully saturated rings. The van der Waals surface area contributed by atoms with Crippen LogP contribution < -0.4 is 11.1 Å². The van der Waals surface area contributed by atoms with Gasteiger partial charge < -0.3 is 15.8 Å². The molecule has 1 amide bonds. The first kappa shape index (κ1) is 10.7. The summed E-state index contributed by atoms with van der Waals surface area (Å²) >= 11 is 0. The number of halogens is 1. The topological polar surface area (TPSA) is 64.4 Å². The minimum absolute atomic E-state index is 0. The van der Waals surface area contributed by atoms with E-state index >= 15 is 0 Å². The van der Waals surface area contributed by atoms with Crippen LogP contribution in [-0.2, 0) is 9.53 Å². The standard InChI is InChI=1S/C6H12N2O2.ClH/c1-8-6(9)5-2-4(7)3-10-5;/h4-5H,2-3,7H2,1H3,(H,8,9);1H. The van der Waals surface area contributed by atoms with Crippen LogP contribution >= 0.6 is 12.4 Å². The lowest BCUT2D eigenvalue weighted by atomic mass is 10.2. The highest BCUT2D eigenvalue weighted by atomic mass is 35.5.